The van der Waals surface area contributed by atoms with E-state index in [1.54, 1.807) is 0 Å². The highest BCUT2D eigenvalue weighted by Gasteiger charge is 2.19. The first kappa shape index (κ1) is 17.5. The molecule has 1 unspecified atom stereocenters. The molecule has 0 aliphatic rings. The van der Waals surface area contributed by atoms with Crippen molar-refractivity contribution in [1.29, 1.82) is 0 Å². The first-order chi connectivity index (χ1) is 10.0. The van der Waals surface area contributed by atoms with Crippen LogP contribution < -0.4 is 5.32 Å². The molecule has 116 valence electrons. The third kappa shape index (κ3) is 7.15. The number of hydrogen-bond acceptors (Lipinski definition) is 4. The van der Waals surface area contributed by atoms with Crippen LogP contribution in [0.25, 0.3) is 0 Å². The summed E-state index contributed by atoms with van der Waals surface area (Å²) in [7, 11) is 1.50. The fourth-order valence-corrected chi connectivity index (χ4v) is 2.47. The number of nitrogens with one attached hydrogen (secondary N) is 1. The van der Waals surface area contributed by atoms with Crippen molar-refractivity contribution in [3.05, 3.63) is 35.4 Å². The van der Waals surface area contributed by atoms with Crippen molar-refractivity contribution in [2.24, 2.45) is 0 Å². The number of carbonyl (C=O) groups excluding carboxylic acids is 1. The fraction of sp³-hybridized carbons (Fsp3) is 0.467. The SMILES string of the molecule is COCCC(NC(=O)CSCc1ccc(C)cc1)C(=O)O. The smallest absolute Gasteiger partial charge is 0.326 e. The van der Waals surface area contributed by atoms with Crippen LogP contribution in [0.1, 0.15) is 17.5 Å². The zero-order valence-corrected chi connectivity index (χ0v) is 13.1. The van der Waals surface area contributed by atoms with Gasteiger partial charge in [0, 0.05) is 25.9 Å². The summed E-state index contributed by atoms with van der Waals surface area (Å²) >= 11 is 1.46. The summed E-state index contributed by atoms with van der Waals surface area (Å²) in [6.45, 7) is 2.32. The van der Waals surface area contributed by atoms with Crippen molar-refractivity contribution >= 4 is 23.6 Å². The van der Waals surface area contributed by atoms with Crippen molar-refractivity contribution in [3.8, 4) is 0 Å². The van der Waals surface area contributed by atoms with Gasteiger partial charge in [0.15, 0.2) is 0 Å². The molecule has 0 aliphatic carbocycles. The highest BCUT2D eigenvalue weighted by atomic mass is 32.2. The van der Waals surface area contributed by atoms with Gasteiger partial charge >= 0.3 is 5.97 Å². The van der Waals surface area contributed by atoms with E-state index in [0.29, 0.717) is 6.61 Å². The Morgan fingerprint density at radius 1 is 1.33 bits per heavy atom. The van der Waals surface area contributed by atoms with E-state index in [2.05, 4.69) is 5.32 Å². The lowest BCUT2D eigenvalue weighted by molar-refractivity contribution is -0.142. The Bertz CT molecular complexity index is 461. The summed E-state index contributed by atoms with van der Waals surface area (Å²) in [5.41, 5.74) is 2.34. The zero-order chi connectivity index (χ0) is 15.7. The molecule has 0 aromatic heterocycles. The standard InChI is InChI=1S/C15H21NO4S/c1-11-3-5-12(6-4-11)9-21-10-14(17)16-13(15(18)19)7-8-20-2/h3-6,13H,7-10H2,1-2H3,(H,16,17)(H,18,19). The Morgan fingerprint density at radius 2 is 2.00 bits per heavy atom. The van der Waals surface area contributed by atoms with Crippen LogP contribution >= 0.6 is 11.8 Å². The van der Waals surface area contributed by atoms with Crippen LogP contribution in [0.2, 0.25) is 0 Å². The molecule has 0 radical (unpaired) electrons. The number of ether oxygens (including phenoxy) is 1. The van der Waals surface area contributed by atoms with Gasteiger partial charge in [-0.05, 0) is 12.5 Å². The van der Waals surface area contributed by atoms with Crippen LogP contribution in [-0.4, -0.2) is 42.5 Å². The summed E-state index contributed by atoms with van der Waals surface area (Å²) in [6, 6.07) is 7.22. The van der Waals surface area contributed by atoms with E-state index in [0.717, 1.165) is 11.3 Å². The lowest BCUT2D eigenvalue weighted by atomic mass is 10.2. The number of amides is 1. The van der Waals surface area contributed by atoms with Crippen LogP contribution in [-0.2, 0) is 20.1 Å². The second-order valence-electron chi connectivity index (χ2n) is 4.72. The van der Waals surface area contributed by atoms with Gasteiger partial charge in [-0.2, -0.15) is 0 Å². The number of benzene rings is 1. The highest BCUT2D eigenvalue weighted by Crippen LogP contribution is 2.12. The van der Waals surface area contributed by atoms with Crippen LogP contribution in [0, 0.1) is 6.92 Å². The van der Waals surface area contributed by atoms with Gasteiger partial charge in [0.25, 0.3) is 0 Å². The second kappa shape index (κ2) is 9.41. The van der Waals surface area contributed by atoms with Crippen LogP contribution in [0.15, 0.2) is 24.3 Å². The highest BCUT2D eigenvalue weighted by molar-refractivity contribution is 7.99. The molecule has 6 heteroatoms. The molecule has 0 fully saturated rings. The number of carboxylic acid groups (broad SMARTS) is 1. The summed E-state index contributed by atoms with van der Waals surface area (Å²) in [6.07, 6.45) is 0.264. The van der Waals surface area contributed by atoms with E-state index in [-0.39, 0.29) is 18.1 Å². The molecule has 21 heavy (non-hydrogen) atoms. The maximum Gasteiger partial charge on any atom is 0.326 e. The van der Waals surface area contributed by atoms with Crippen LogP contribution in [0.3, 0.4) is 0 Å². The lowest BCUT2D eigenvalue weighted by Crippen LogP contribution is -2.42. The molecule has 0 aliphatic heterocycles. The molecule has 1 atom stereocenters. The van der Waals surface area contributed by atoms with E-state index in [1.807, 2.05) is 31.2 Å². The Hall–Kier alpha value is -1.53. The third-order valence-electron chi connectivity index (χ3n) is 2.87. The van der Waals surface area contributed by atoms with E-state index < -0.39 is 12.0 Å². The lowest BCUT2D eigenvalue weighted by Gasteiger charge is -2.13. The fourth-order valence-electron chi connectivity index (χ4n) is 1.67. The van der Waals surface area contributed by atoms with Crippen LogP contribution in [0.4, 0.5) is 0 Å². The van der Waals surface area contributed by atoms with Gasteiger partial charge in [0.05, 0.1) is 5.75 Å². The van der Waals surface area contributed by atoms with Gasteiger partial charge < -0.3 is 15.2 Å². The molecule has 1 aromatic rings. The van der Waals surface area contributed by atoms with Crippen molar-refractivity contribution in [3.63, 3.8) is 0 Å². The van der Waals surface area contributed by atoms with Gasteiger partial charge in [-0.25, -0.2) is 4.79 Å². The van der Waals surface area contributed by atoms with Gasteiger partial charge in [-0.15, -0.1) is 11.8 Å². The number of carboxylic acids is 1. The summed E-state index contributed by atoms with van der Waals surface area (Å²) < 4.78 is 4.83. The minimum absolute atomic E-state index is 0.241. The van der Waals surface area contributed by atoms with E-state index >= 15 is 0 Å². The van der Waals surface area contributed by atoms with Crippen molar-refractivity contribution in [2.45, 2.75) is 25.1 Å². The number of aryl methyl sites for hydroxylation is 1. The molecule has 1 rings (SSSR count). The summed E-state index contributed by atoms with van der Waals surface area (Å²) in [5, 5.41) is 11.5. The summed E-state index contributed by atoms with van der Waals surface area (Å²) in [4.78, 5) is 22.7. The Balaban J connectivity index is 2.32. The molecular formula is C15H21NO4S. The number of hydrogen-bond donors (Lipinski definition) is 2. The molecule has 0 bridgehead atoms. The van der Waals surface area contributed by atoms with Gasteiger partial charge in [0.1, 0.15) is 6.04 Å². The Labute approximate surface area is 129 Å². The minimum Gasteiger partial charge on any atom is -0.480 e. The maximum atomic E-state index is 11.7. The minimum atomic E-state index is -1.04. The van der Waals surface area contributed by atoms with Gasteiger partial charge in [-0.1, -0.05) is 29.8 Å². The quantitative estimate of drug-likeness (QED) is 0.728. The maximum absolute atomic E-state index is 11.7. The molecule has 1 aromatic carbocycles. The molecule has 0 saturated heterocycles. The second-order valence-corrected chi connectivity index (χ2v) is 5.70. The van der Waals surface area contributed by atoms with Crippen molar-refractivity contribution in [1.82, 2.24) is 5.32 Å². The first-order valence-electron chi connectivity index (χ1n) is 6.67. The number of thioether (sulfide) groups is 1. The largest absolute Gasteiger partial charge is 0.480 e. The third-order valence-corrected chi connectivity index (χ3v) is 3.87. The molecule has 0 heterocycles. The van der Waals surface area contributed by atoms with Gasteiger partial charge in [0.2, 0.25) is 5.91 Å². The number of carbonyl (C=O) groups is 2. The molecule has 2 N–H and O–H groups in total. The average molecular weight is 311 g/mol. The summed E-state index contributed by atoms with van der Waals surface area (Å²) in [5.74, 6) is -0.340. The monoisotopic (exact) mass is 311 g/mol. The van der Waals surface area contributed by atoms with Gasteiger partial charge in [-0.3, -0.25) is 4.79 Å². The topological polar surface area (TPSA) is 75.6 Å². The molecule has 0 spiro atoms. The predicted octanol–water partition coefficient (Wildman–Crippen LogP) is 1.83. The van der Waals surface area contributed by atoms with E-state index in [4.69, 9.17) is 9.84 Å². The van der Waals surface area contributed by atoms with Crippen molar-refractivity contribution in [2.75, 3.05) is 19.5 Å². The number of methoxy groups -OCH3 is 1. The molecule has 5 nitrogen and oxygen atoms in total. The van der Waals surface area contributed by atoms with Crippen molar-refractivity contribution < 1.29 is 19.4 Å². The normalized spacial score (nSPS) is 11.9. The predicted molar refractivity (Wildman–Crippen MR) is 83.4 cm³/mol. The molecular weight excluding hydrogens is 290 g/mol. The zero-order valence-electron chi connectivity index (χ0n) is 12.3. The molecule has 1 amide bonds. The number of rotatable bonds is 9. The Morgan fingerprint density at radius 3 is 2.57 bits per heavy atom. The first-order valence-corrected chi connectivity index (χ1v) is 7.82. The Kier molecular flexibility index (Phi) is 7.85. The average Bonchev–Trinajstić information content (AvgIpc) is 2.45. The van der Waals surface area contributed by atoms with E-state index in [1.165, 1.54) is 24.4 Å². The molecule has 0 saturated carbocycles. The number of aliphatic carboxylic acids is 1. The van der Waals surface area contributed by atoms with Crippen LogP contribution in [0.5, 0.6) is 0 Å². The van der Waals surface area contributed by atoms with E-state index in [9.17, 15) is 9.59 Å².